The predicted octanol–water partition coefficient (Wildman–Crippen LogP) is 2.92. The molecule has 17 heavy (non-hydrogen) atoms. The van der Waals surface area contributed by atoms with Gasteiger partial charge in [-0.25, -0.2) is 0 Å². The highest BCUT2D eigenvalue weighted by Gasteiger charge is 2.32. The first-order chi connectivity index (χ1) is 8.00. The van der Waals surface area contributed by atoms with Crippen molar-refractivity contribution in [2.45, 2.75) is 38.6 Å². The van der Waals surface area contributed by atoms with Crippen molar-refractivity contribution in [3.05, 3.63) is 35.9 Å². The Morgan fingerprint density at radius 3 is 2.29 bits per heavy atom. The van der Waals surface area contributed by atoms with Crippen LogP contribution in [0, 0.1) is 0 Å². The van der Waals surface area contributed by atoms with E-state index in [4.69, 9.17) is 0 Å². The molecule has 1 aromatic carbocycles. The lowest BCUT2D eigenvalue weighted by molar-refractivity contribution is -0.129. The van der Waals surface area contributed by atoms with Gasteiger partial charge in [0.15, 0.2) is 5.78 Å². The number of rotatable bonds is 6. The zero-order chi connectivity index (χ0) is 12.9. The maximum absolute atomic E-state index is 12.3. The van der Waals surface area contributed by atoms with Gasteiger partial charge in [0.05, 0.1) is 5.54 Å². The Balaban J connectivity index is 2.61. The molecule has 0 spiro atoms. The summed E-state index contributed by atoms with van der Waals surface area (Å²) in [7, 11) is 3.95. The van der Waals surface area contributed by atoms with Crippen molar-refractivity contribution < 1.29 is 4.79 Å². The molecule has 0 aromatic heterocycles. The summed E-state index contributed by atoms with van der Waals surface area (Å²) in [5.74, 6) is 0.328. The van der Waals surface area contributed by atoms with Gasteiger partial charge in [0, 0.05) is 6.42 Å². The third-order valence-electron chi connectivity index (χ3n) is 3.76. The fourth-order valence-corrected chi connectivity index (χ4v) is 1.93. The molecule has 0 radical (unpaired) electrons. The maximum atomic E-state index is 12.3. The van der Waals surface area contributed by atoms with E-state index in [0.29, 0.717) is 12.2 Å². The number of carbonyl (C=O) groups excluding carboxylic acids is 1. The molecule has 1 aromatic rings. The summed E-state index contributed by atoms with van der Waals surface area (Å²) in [6.07, 6.45) is 2.31. The molecule has 0 fully saturated rings. The first-order valence-corrected chi connectivity index (χ1v) is 6.25. The zero-order valence-corrected chi connectivity index (χ0v) is 11.4. The molecule has 0 aliphatic heterocycles. The molecule has 0 heterocycles. The fraction of sp³-hybridized carbons (Fsp3) is 0.533. The number of ketones is 1. The second kappa shape index (κ2) is 5.97. The van der Waals surface area contributed by atoms with Crippen molar-refractivity contribution in [3.63, 3.8) is 0 Å². The predicted molar refractivity (Wildman–Crippen MR) is 72.2 cm³/mol. The minimum atomic E-state index is -0.325. The normalized spacial score (nSPS) is 14.6. The smallest absolute Gasteiger partial charge is 0.153 e. The Kier molecular flexibility index (Phi) is 4.88. The number of nitrogens with zero attached hydrogens (tertiary/aromatic N) is 1. The lowest BCUT2D eigenvalue weighted by Gasteiger charge is -2.34. The van der Waals surface area contributed by atoms with Crippen LogP contribution in [-0.2, 0) is 11.2 Å². The molecular formula is C15H23NO. The van der Waals surface area contributed by atoms with Crippen molar-refractivity contribution >= 4 is 5.78 Å². The molecule has 0 bridgehead atoms. The van der Waals surface area contributed by atoms with Gasteiger partial charge in [0.25, 0.3) is 0 Å². The second-order valence-electron chi connectivity index (χ2n) is 4.93. The van der Waals surface area contributed by atoms with Crippen LogP contribution in [0.3, 0.4) is 0 Å². The van der Waals surface area contributed by atoms with Crippen molar-refractivity contribution in [1.82, 2.24) is 4.90 Å². The average molecular weight is 233 g/mol. The number of Topliss-reactive ketones (excluding diaryl/α,β-unsaturated/α-hetero) is 1. The summed E-state index contributed by atoms with van der Waals surface area (Å²) in [6, 6.07) is 10.2. The van der Waals surface area contributed by atoms with Crippen LogP contribution in [-0.4, -0.2) is 30.3 Å². The van der Waals surface area contributed by atoms with Crippen LogP contribution in [0.5, 0.6) is 0 Å². The van der Waals surface area contributed by atoms with Gasteiger partial charge in [-0.3, -0.25) is 9.69 Å². The molecule has 0 saturated heterocycles. The molecule has 0 amide bonds. The summed E-state index contributed by atoms with van der Waals surface area (Å²) < 4.78 is 0. The molecule has 94 valence electrons. The van der Waals surface area contributed by atoms with Gasteiger partial charge >= 0.3 is 0 Å². The van der Waals surface area contributed by atoms with E-state index in [1.807, 2.05) is 44.1 Å². The summed E-state index contributed by atoms with van der Waals surface area (Å²) in [5, 5.41) is 0. The molecule has 2 heteroatoms. The van der Waals surface area contributed by atoms with Crippen LogP contribution in [0.15, 0.2) is 30.3 Å². The van der Waals surface area contributed by atoms with Crippen LogP contribution >= 0.6 is 0 Å². The number of carbonyl (C=O) groups is 1. The van der Waals surface area contributed by atoms with Crippen molar-refractivity contribution in [2.75, 3.05) is 14.1 Å². The van der Waals surface area contributed by atoms with E-state index in [1.165, 1.54) is 5.56 Å². The second-order valence-corrected chi connectivity index (χ2v) is 4.93. The summed E-state index contributed by atoms with van der Waals surface area (Å²) in [6.45, 7) is 4.10. The van der Waals surface area contributed by atoms with Gasteiger partial charge in [-0.05, 0) is 39.4 Å². The van der Waals surface area contributed by atoms with Crippen molar-refractivity contribution in [2.24, 2.45) is 0 Å². The molecule has 2 nitrogen and oxygen atoms in total. The molecule has 1 atom stereocenters. The van der Waals surface area contributed by atoms with Gasteiger partial charge in [-0.2, -0.15) is 0 Å². The molecule has 0 saturated carbocycles. The molecule has 0 N–H and O–H groups in total. The van der Waals surface area contributed by atoms with Gasteiger partial charge in [-0.15, -0.1) is 0 Å². The van der Waals surface area contributed by atoms with Crippen LogP contribution < -0.4 is 0 Å². The highest BCUT2D eigenvalue weighted by Crippen LogP contribution is 2.20. The molecular weight excluding hydrogens is 210 g/mol. The average Bonchev–Trinajstić information content (AvgIpc) is 2.35. The largest absolute Gasteiger partial charge is 0.298 e. The lowest BCUT2D eigenvalue weighted by Crippen LogP contribution is -2.48. The fourth-order valence-electron chi connectivity index (χ4n) is 1.93. The highest BCUT2D eigenvalue weighted by atomic mass is 16.1. The summed E-state index contributed by atoms with van der Waals surface area (Å²) >= 11 is 0. The van der Waals surface area contributed by atoms with E-state index in [0.717, 1.165) is 12.8 Å². The number of benzene rings is 1. The Morgan fingerprint density at radius 1 is 1.24 bits per heavy atom. The third kappa shape index (κ3) is 3.40. The van der Waals surface area contributed by atoms with E-state index >= 15 is 0 Å². The van der Waals surface area contributed by atoms with Crippen LogP contribution in [0.4, 0.5) is 0 Å². The number of likely N-dealkylation sites (N-methyl/N-ethyl adjacent to an activating group) is 1. The Bertz CT molecular complexity index is 358. The van der Waals surface area contributed by atoms with Gasteiger partial charge in [0.1, 0.15) is 0 Å². The third-order valence-corrected chi connectivity index (χ3v) is 3.76. The molecule has 1 unspecified atom stereocenters. The van der Waals surface area contributed by atoms with E-state index in [1.54, 1.807) is 0 Å². The summed E-state index contributed by atoms with van der Waals surface area (Å²) in [4.78, 5) is 14.3. The van der Waals surface area contributed by atoms with Gasteiger partial charge < -0.3 is 0 Å². The van der Waals surface area contributed by atoms with Crippen molar-refractivity contribution in [3.8, 4) is 0 Å². The number of hydrogen-bond donors (Lipinski definition) is 0. The van der Waals surface area contributed by atoms with Crippen LogP contribution in [0.25, 0.3) is 0 Å². The van der Waals surface area contributed by atoms with Gasteiger partial charge in [0.2, 0.25) is 0 Å². The van der Waals surface area contributed by atoms with Gasteiger partial charge in [-0.1, -0.05) is 37.3 Å². The van der Waals surface area contributed by atoms with E-state index in [2.05, 4.69) is 19.1 Å². The molecule has 0 aliphatic carbocycles. The number of hydrogen-bond acceptors (Lipinski definition) is 2. The monoisotopic (exact) mass is 233 g/mol. The summed E-state index contributed by atoms with van der Waals surface area (Å²) in [5.41, 5.74) is 0.910. The van der Waals surface area contributed by atoms with E-state index < -0.39 is 0 Å². The first-order valence-electron chi connectivity index (χ1n) is 6.25. The van der Waals surface area contributed by atoms with Crippen LogP contribution in [0.1, 0.15) is 32.3 Å². The Hall–Kier alpha value is -1.15. The van der Waals surface area contributed by atoms with Crippen LogP contribution in [0.2, 0.25) is 0 Å². The first kappa shape index (κ1) is 13.9. The van der Waals surface area contributed by atoms with Crippen molar-refractivity contribution in [1.29, 1.82) is 0 Å². The minimum Gasteiger partial charge on any atom is -0.298 e. The minimum absolute atomic E-state index is 0.325. The lowest BCUT2D eigenvalue weighted by atomic mass is 9.88. The standard InChI is InChI=1S/C15H23NO/c1-5-15(2,16(3)4)14(17)12-11-13-9-7-6-8-10-13/h6-10H,5,11-12H2,1-4H3. The van der Waals surface area contributed by atoms with E-state index in [-0.39, 0.29) is 5.54 Å². The maximum Gasteiger partial charge on any atom is 0.153 e. The Labute approximate surface area is 105 Å². The molecule has 1 rings (SSSR count). The topological polar surface area (TPSA) is 20.3 Å². The quantitative estimate of drug-likeness (QED) is 0.753. The molecule has 0 aliphatic rings. The zero-order valence-electron chi connectivity index (χ0n) is 11.4. The SMILES string of the molecule is CCC(C)(C(=O)CCc1ccccc1)N(C)C. The number of aryl methyl sites for hydroxylation is 1. The van der Waals surface area contributed by atoms with E-state index in [9.17, 15) is 4.79 Å². The highest BCUT2D eigenvalue weighted by molar-refractivity contribution is 5.88. The Morgan fingerprint density at radius 2 is 1.82 bits per heavy atom.